The van der Waals surface area contributed by atoms with Crippen LogP contribution in [0.1, 0.15) is 52.9 Å². The highest BCUT2D eigenvalue weighted by Gasteiger charge is 2.62. The Morgan fingerprint density at radius 2 is 1.91 bits per heavy atom. The van der Waals surface area contributed by atoms with Crippen molar-refractivity contribution in [1.29, 1.82) is 0 Å². The Labute approximate surface area is 139 Å². The van der Waals surface area contributed by atoms with Gasteiger partial charge in [-0.1, -0.05) is 26.8 Å². The minimum absolute atomic E-state index is 0.0707. The summed E-state index contributed by atoms with van der Waals surface area (Å²) in [5, 5.41) is 0. The van der Waals surface area contributed by atoms with Crippen molar-refractivity contribution in [1.82, 2.24) is 4.90 Å². The summed E-state index contributed by atoms with van der Waals surface area (Å²) in [5.74, 6) is 3.04. The highest BCUT2D eigenvalue weighted by molar-refractivity contribution is 5.89. The summed E-state index contributed by atoms with van der Waals surface area (Å²) in [6.45, 7) is 6.96. The minimum Gasteiger partial charge on any atom is -0.338 e. The highest BCUT2D eigenvalue weighted by Crippen LogP contribution is 2.64. The second-order valence-electron chi connectivity index (χ2n) is 9.09. The summed E-state index contributed by atoms with van der Waals surface area (Å²) in [6.07, 6.45) is 9.11. The maximum Gasteiger partial charge on any atom is 0.246 e. The first-order chi connectivity index (χ1) is 10.8. The maximum absolute atomic E-state index is 12.5. The van der Waals surface area contributed by atoms with Gasteiger partial charge in [0.1, 0.15) is 5.78 Å². The second-order valence-corrected chi connectivity index (χ2v) is 9.09. The van der Waals surface area contributed by atoms with E-state index in [0.717, 1.165) is 32.1 Å². The van der Waals surface area contributed by atoms with E-state index in [4.69, 9.17) is 0 Å². The maximum atomic E-state index is 12.5. The molecule has 4 aliphatic rings. The van der Waals surface area contributed by atoms with Gasteiger partial charge in [-0.15, -0.1) is 0 Å². The van der Waals surface area contributed by atoms with Crippen molar-refractivity contribution in [2.75, 3.05) is 7.05 Å². The van der Waals surface area contributed by atoms with Gasteiger partial charge in [-0.3, -0.25) is 9.59 Å². The van der Waals surface area contributed by atoms with E-state index >= 15 is 0 Å². The minimum atomic E-state index is -0.0707. The number of hydrogen-bond acceptors (Lipinski definition) is 2. The third-order valence-electron chi connectivity index (χ3n) is 8.21. The van der Waals surface area contributed by atoms with Crippen LogP contribution in [-0.4, -0.2) is 29.7 Å². The lowest BCUT2D eigenvalue weighted by Crippen LogP contribution is -2.61. The molecule has 1 amide bonds. The summed E-state index contributed by atoms with van der Waals surface area (Å²) in [4.78, 5) is 26.6. The number of fused-ring (bicyclic) bond motifs is 5. The third kappa shape index (κ3) is 1.82. The molecule has 23 heavy (non-hydrogen) atoms. The Hall–Kier alpha value is -1.12. The summed E-state index contributed by atoms with van der Waals surface area (Å²) < 4.78 is 0. The lowest BCUT2D eigenvalue weighted by atomic mass is 9.46. The van der Waals surface area contributed by atoms with Gasteiger partial charge in [0.15, 0.2) is 0 Å². The fourth-order valence-corrected chi connectivity index (χ4v) is 6.83. The van der Waals surface area contributed by atoms with Crippen molar-refractivity contribution < 1.29 is 9.59 Å². The van der Waals surface area contributed by atoms with Gasteiger partial charge >= 0.3 is 0 Å². The third-order valence-corrected chi connectivity index (χ3v) is 8.21. The lowest BCUT2D eigenvalue weighted by Gasteiger charge is -2.61. The zero-order chi connectivity index (χ0) is 16.6. The van der Waals surface area contributed by atoms with Crippen molar-refractivity contribution >= 4 is 11.7 Å². The molecule has 3 aliphatic carbocycles. The molecule has 0 aromatic rings. The van der Waals surface area contributed by atoms with Crippen LogP contribution >= 0.6 is 0 Å². The molecule has 0 aromatic carbocycles. The van der Waals surface area contributed by atoms with Crippen LogP contribution in [0.25, 0.3) is 0 Å². The van der Waals surface area contributed by atoms with Crippen LogP contribution in [0.3, 0.4) is 0 Å². The number of carbonyl (C=O) groups is 2. The van der Waals surface area contributed by atoms with E-state index in [0.29, 0.717) is 35.5 Å². The van der Waals surface area contributed by atoms with Crippen LogP contribution in [0.5, 0.6) is 0 Å². The van der Waals surface area contributed by atoms with Gasteiger partial charge in [-0.05, 0) is 55.4 Å². The van der Waals surface area contributed by atoms with Gasteiger partial charge in [0.25, 0.3) is 0 Å². The van der Waals surface area contributed by atoms with Crippen molar-refractivity contribution in [3.05, 3.63) is 12.2 Å². The van der Waals surface area contributed by atoms with Crippen molar-refractivity contribution in [3.63, 3.8) is 0 Å². The quantitative estimate of drug-likeness (QED) is 0.686. The molecule has 0 bridgehead atoms. The number of hydrogen-bond donors (Lipinski definition) is 0. The zero-order valence-electron chi connectivity index (χ0n) is 14.8. The van der Waals surface area contributed by atoms with E-state index in [2.05, 4.69) is 26.8 Å². The second kappa shape index (κ2) is 4.70. The standard InChI is InChI=1S/C20H29NO2/c1-12-11-15-19(2,10-8-17(23)21(15)4)14-7-9-20(3)13(18(12)14)5-6-16(20)22/h8,10,12-15,18H,5-7,9,11H2,1-4H3/t12?,13-,14+,15?,18-,19+,20-/m0/s1. The van der Waals surface area contributed by atoms with Crippen LogP contribution in [0, 0.1) is 34.5 Å². The van der Waals surface area contributed by atoms with Crippen molar-refractivity contribution in [3.8, 4) is 0 Å². The van der Waals surface area contributed by atoms with Crippen molar-refractivity contribution in [2.45, 2.75) is 58.9 Å². The lowest BCUT2D eigenvalue weighted by molar-refractivity contribution is -0.147. The fraction of sp³-hybridized carbons (Fsp3) is 0.800. The van der Waals surface area contributed by atoms with Gasteiger partial charge in [-0.2, -0.15) is 0 Å². The Kier molecular flexibility index (Phi) is 3.15. The zero-order valence-corrected chi connectivity index (χ0v) is 14.8. The molecular weight excluding hydrogens is 286 g/mol. The first-order valence-electron chi connectivity index (χ1n) is 9.28. The number of Topliss-reactive ketones (excluding diaryl/α,β-unsaturated/α-hetero) is 1. The van der Waals surface area contributed by atoms with Gasteiger partial charge in [0, 0.05) is 30.3 Å². The van der Waals surface area contributed by atoms with E-state index in [1.54, 1.807) is 6.08 Å². The molecule has 0 spiro atoms. The largest absolute Gasteiger partial charge is 0.338 e. The molecule has 0 saturated heterocycles. The number of ketones is 1. The van der Waals surface area contributed by atoms with Crippen LogP contribution in [0.4, 0.5) is 0 Å². The van der Waals surface area contributed by atoms with Crippen LogP contribution in [-0.2, 0) is 9.59 Å². The van der Waals surface area contributed by atoms with Crippen LogP contribution in [0.2, 0.25) is 0 Å². The normalized spacial score (nSPS) is 52.2. The van der Waals surface area contributed by atoms with Crippen LogP contribution < -0.4 is 0 Å². The predicted octanol–water partition coefficient (Wildman–Crippen LogP) is 3.44. The smallest absolute Gasteiger partial charge is 0.246 e. The Bertz CT molecular complexity index is 596. The van der Waals surface area contributed by atoms with Gasteiger partial charge in [0.05, 0.1) is 0 Å². The molecule has 1 aliphatic heterocycles. The number of amides is 1. The number of nitrogens with zero attached hydrogens (tertiary/aromatic N) is 1. The molecule has 3 nitrogen and oxygen atoms in total. The average Bonchev–Trinajstić information content (AvgIpc) is 2.82. The Balaban J connectivity index is 1.76. The summed E-state index contributed by atoms with van der Waals surface area (Å²) in [7, 11) is 1.97. The van der Waals surface area contributed by atoms with E-state index in [1.165, 1.54) is 0 Å². The highest BCUT2D eigenvalue weighted by atomic mass is 16.2. The van der Waals surface area contributed by atoms with E-state index in [-0.39, 0.29) is 16.7 Å². The summed E-state index contributed by atoms with van der Waals surface area (Å²) >= 11 is 0. The molecule has 3 fully saturated rings. The first-order valence-corrected chi connectivity index (χ1v) is 9.28. The number of rotatable bonds is 0. The first kappa shape index (κ1) is 15.4. The molecular formula is C20H29NO2. The van der Waals surface area contributed by atoms with Crippen molar-refractivity contribution in [2.24, 2.45) is 34.5 Å². The van der Waals surface area contributed by atoms with E-state index in [1.807, 2.05) is 11.9 Å². The molecule has 3 saturated carbocycles. The fourth-order valence-electron chi connectivity index (χ4n) is 6.83. The molecule has 1 heterocycles. The number of carbonyl (C=O) groups excluding carboxylic acids is 2. The molecule has 0 aromatic heterocycles. The SMILES string of the molecule is CC1CC2N(C)C(=O)C=C[C@]2(C)[C@@H]2CC[C@]3(C)C(=O)CC[C@H]3[C@H]12. The topological polar surface area (TPSA) is 37.4 Å². The molecule has 126 valence electrons. The van der Waals surface area contributed by atoms with Crippen LogP contribution in [0.15, 0.2) is 12.2 Å². The molecule has 2 unspecified atom stereocenters. The summed E-state index contributed by atoms with van der Waals surface area (Å²) in [6, 6.07) is 0.317. The summed E-state index contributed by atoms with van der Waals surface area (Å²) in [5.41, 5.74) is 0.00549. The van der Waals surface area contributed by atoms with Gasteiger partial charge in [-0.25, -0.2) is 0 Å². The molecule has 4 rings (SSSR count). The van der Waals surface area contributed by atoms with E-state index in [9.17, 15) is 9.59 Å². The monoisotopic (exact) mass is 315 g/mol. The molecule has 0 N–H and O–H groups in total. The molecule has 0 radical (unpaired) electrons. The Morgan fingerprint density at radius 1 is 1.17 bits per heavy atom. The van der Waals surface area contributed by atoms with E-state index < -0.39 is 0 Å². The predicted molar refractivity (Wildman–Crippen MR) is 89.6 cm³/mol. The molecule has 3 heteroatoms. The number of likely N-dealkylation sites (N-methyl/N-ethyl adjacent to an activating group) is 1. The molecule has 7 atom stereocenters. The average molecular weight is 315 g/mol. The van der Waals surface area contributed by atoms with Gasteiger partial charge < -0.3 is 4.90 Å². The van der Waals surface area contributed by atoms with Gasteiger partial charge in [0.2, 0.25) is 5.91 Å². The Morgan fingerprint density at radius 3 is 2.65 bits per heavy atom.